The first-order chi connectivity index (χ1) is 69.0. The fraction of sp³-hybridized carbons (Fsp3) is 0.993. The minimum absolute atomic E-state index is 0.0255. The van der Waals surface area contributed by atoms with Crippen LogP contribution >= 0.6 is 0 Å². The molecule has 0 aromatic heterocycles. The summed E-state index contributed by atoms with van der Waals surface area (Å²) in [5.41, 5.74) is 5.34. The first-order valence-electron chi connectivity index (χ1n) is 68.2. The molecule has 22 saturated carbocycles. The van der Waals surface area contributed by atoms with E-state index in [1.165, 1.54) is 151 Å². The first kappa shape index (κ1) is 144. The third-order valence-electron chi connectivity index (χ3n) is 47.7. The lowest BCUT2D eigenvalue weighted by atomic mass is 9.43. The Morgan fingerprint density at radius 3 is 0.814 bits per heavy atom. The van der Waals surface area contributed by atoms with Gasteiger partial charge in [0.2, 0.25) is 0 Å². The minimum Gasteiger partial charge on any atom is -0.465 e. The number of fused-ring (bicyclic) bond motifs is 27. The van der Waals surface area contributed by atoms with Crippen LogP contribution in [-0.2, 0) is 9.53 Å². The van der Waals surface area contributed by atoms with Crippen LogP contribution in [0.1, 0.15) is 650 Å². The van der Waals surface area contributed by atoms with E-state index in [1.807, 2.05) is 201 Å². The second-order valence-electron chi connectivity index (χ2n) is 54.7. The molecule has 1 aliphatic heterocycles. The Morgan fingerprint density at radius 1 is 0.214 bits per heavy atom. The molecule has 0 amide bonds. The van der Waals surface area contributed by atoms with Crippen LogP contribution in [0.15, 0.2) is 0 Å². The molecule has 0 N–H and O–H groups in total. The first-order valence-corrected chi connectivity index (χ1v) is 68.2. The summed E-state index contributed by atoms with van der Waals surface area (Å²) >= 11 is 0. The molecular weight excluding hydrogens is 1750 g/mol. The molecule has 23 aliphatic rings. The highest BCUT2D eigenvalue weighted by Gasteiger charge is 2.68. The van der Waals surface area contributed by atoms with Crippen LogP contribution in [0.2, 0.25) is 0 Å². The molecule has 870 valence electrons. The molecule has 23 rings (SSSR count). The third-order valence-corrected chi connectivity index (χ3v) is 47.7. The lowest BCUT2D eigenvalue weighted by Gasteiger charge is -2.62. The molecule has 28 unspecified atom stereocenters. The number of hydrogen-bond acceptors (Lipinski definition) is 2. The number of esters is 1. The van der Waals surface area contributed by atoms with Gasteiger partial charge in [-0.15, -0.1) is 0 Å². The zero-order valence-electron chi connectivity index (χ0n) is 111. The van der Waals surface area contributed by atoms with Gasteiger partial charge in [-0.05, 0) is 463 Å². The molecule has 2 heteroatoms. The van der Waals surface area contributed by atoms with Gasteiger partial charge in [0.05, 0.1) is 12.0 Å². The molecule has 2 nitrogen and oxygen atoms in total. The van der Waals surface area contributed by atoms with E-state index < -0.39 is 0 Å². The van der Waals surface area contributed by atoms with Crippen LogP contribution in [0.25, 0.3) is 0 Å². The Labute approximate surface area is 922 Å². The molecule has 22 aliphatic carbocycles. The molecular formula is C143H286O2. The summed E-state index contributed by atoms with van der Waals surface area (Å²) in [6, 6.07) is 0. The Morgan fingerprint density at radius 2 is 0.531 bits per heavy atom. The number of ether oxygens (including phenoxy) is 1. The maximum Gasteiger partial charge on any atom is 0.312 e. The predicted molar refractivity (Wildman–Crippen MR) is 661 cm³/mol. The smallest absolute Gasteiger partial charge is 0.312 e. The van der Waals surface area contributed by atoms with Gasteiger partial charge in [-0.3, -0.25) is 4.79 Å². The van der Waals surface area contributed by atoms with Gasteiger partial charge in [0.1, 0.15) is 0 Å². The van der Waals surface area contributed by atoms with E-state index >= 15 is 0 Å². The molecule has 145 heavy (non-hydrogen) atoms. The lowest BCUT2D eigenvalue weighted by molar-refractivity contribution is -0.147. The fourth-order valence-electron chi connectivity index (χ4n) is 36.6. The predicted octanol–water partition coefficient (Wildman–Crippen LogP) is 48.5. The van der Waals surface area contributed by atoms with Crippen molar-refractivity contribution >= 4 is 5.97 Å². The van der Waals surface area contributed by atoms with Gasteiger partial charge >= 0.3 is 5.97 Å². The highest BCUT2D eigenvalue weighted by Crippen LogP contribution is 2.76. The van der Waals surface area contributed by atoms with Gasteiger partial charge in [0.25, 0.3) is 0 Å². The van der Waals surface area contributed by atoms with Crippen LogP contribution < -0.4 is 0 Å². The molecule has 23 fully saturated rings. The highest BCUT2D eigenvalue weighted by atomic mass is 16.5. The SMILES string of the molecule is CC.CC.CC.CC.CC.CC.CC.CC.CC.CC.CC.CC.CC.CC.CC(C)C1(C)C2CC3CC(C2)CC1C3.CC(C)C1(C)CC2C3CCC(C3)C2C1.CC(C)C1(C)CC2CC1C1C3CCC(C3)C21.CC(C)C1(C)CC2CC1C1C3CCC(C3)C21.CC(C)C1(C)CC2CCC1C2.CC(C)C1(C)CCC2CCCC2C1.CC(C)C1(C)CCC2CCCCC2C1.CC(C)C1(C)CCCC1.CC(C)C1(C)CCOC1=O. The van der Waals surface area contributed by atoms with E-state index in [2.05, 4.69) is 180 Å². The van der Waals surface area contributed by atoms with E-state index in [4.69, 9.17) is 4.74 Å². The van der Waals surface area contributed by atoms with Crippen LogP contribution in [0.3, 0.4) is 0 Å². The molecule has 0 aromatic carbocycles. The Bertz CT molecular complexity index is 3090. The van der Waals surface area contributed by atoms with Crippen molar-refractivity contribution in [2.24, 2.45) is 256 Å². The van der Waals surface area contributed by atoms with Crippen molar-refractivity contribution in [3.63, 3.8) is 0 Å². The van der Waals surface area contributed by atoms with Crippen molar-refractivity contribution in [2.75, 3.05) is 6.61 Å². The minimum atomic E-state index is -0.208. The van der Waals surface area contributed by atoms with Gasteiger partial charge < -0.3 is 4.74 Å². The number of hydrogen-bond donors (Lipinski definition) is 0. The van der Waals surface area contributed by atoms with Crippen molar-refractivity contribution in [1.82, 2.24) is 0 Å². The molecule has 16 bridgehead atoms. The summed E-state index contributed by atoms with van der Waals surface area (Å²) in [5.74, 6) is 37.0. The average molecular weight is 2040 g/mol. The van der Waals surface area contributed by atoms with Gasteiger partial charge in [-0.1, -0.05) is 438 Å². The molecule has 1 heterocycles. The third kappa shape index (κ3) is 34.3. The molecule has 28 atom stereocenters. The van der Waals surface area contributed by atoms with Crippen LogP contribution in [0.4, 0.5) is 0 Å². The largest absolute Gasteiger partial charge is 0.465 e. The van der Waals surface area contributed by atoms with Gasteiger partial charge in [-0.25, -0.2) is 0 Å². The maximum absolute atomic E-state index is 11.1. The number of cyclic esters (lactones) is 1. The van der Waals surface area contributed by atoms with E-state index in [0.29, 0.717) is 55.8 Å². The summed E-state index contributed by atoms with van der Waals surface area (Å²) in [5, 5.41) is 0. The zero-order chi connectivity index (χ0) is 112. The summed E-state index contributed by atoms with van der Waals surface area (Å²) in [6.45, 7) is 122. The lowest BCUT2D eigenvalue weighted by Crippen LogP contribution is -2.53. The van der Waals surface area contributed by atoms with E-state index in [-0.39, 0.29) is 11.4 Å². The monoisotopic (exact) mass is 2040 g/mol. The summed E-state index contributed by atoms with van der Waals surface area (Å²) in [7, 11) is 0. The molecule has 0 radical (unpaired) electrons. The molecule has 1 saturated heterocycles. The Kier molecular flexibility index (Phi) is 68.7. The quantitative estimate of drug-likeness (QED) is 0.170. The number of rotatable bonds is 9. The molecule has 0 aromatic rings. The maximum atomic E-state index is 11.1. The second kappa shape index (κ2) is 69.0. The fourth-order valence-corrected chi connectivity index (χ4v) is 36.6. The Hall–Kier alpha value is -0.530. The van der Waals surface area contributed by atoms with Gasteiger partial charge in [0.15, 0.2) is 0 Å². The topological polar surface area (TPSA) is 26.3 Å². The van der Waals surface area contributed by atoms with Crippen LogP contribution in [-0.4, -0.2) is 12.6 Å². The van der Waals surface area contributed by atoms with Crippen molar-refractivity contribution in [3.05, 3.63) is 0 Å². The van der Waals surface area contributed by atoms with Crippen LogP contribution in [0.5, 0.6) is 0 Å². The molecule has 0 spiro atoms. The average Bonchev–Trinajstić information content (AvgIpc) is 1.53. The van der Waals surface area contributed by atoms with Crippen molar-refractivity contribution in [1.29, 1.82) is 0 Å². The highest BCUT2D eigenvalue weighted by molar-refractivity contribution is 5.78. The normalized spacial score (nSPS) is 40.9. The second-order valence-corrected chi connectivity index (χ2v) is 54.7. The standard InChI is InChI=1S/2C16H26.2C14H24.C14H26.C13H24.C11H20.C9H18.C8H14O2.14C2H6/c2*1-9(2)16(3)8-12-7-13(16)15-11-5-4-10(6-11)14(12)15;1-9(2)14(3)12-5-10-4-11(7-12)8-13(14)6-10;1-9(2)14(3)7-12-10-4-5-11(6-10)13(12)8-14;1-11(2)14(3)9-8-12-6-4-5-7-13(12)10-14;1-10(2)13(3)8-7-11-5-4-6-12(11)9-13;1-8(2)11(3)7-9-4-5-10(11)6-9;1-8(2)9(3)6-4-5-7-9;1-6(2)8(3)4-5-10-7(8)9;14*1-2/h2*9-15H,4-8H2,1-3H3;2*9-13H,4-8H2,1-3H3;11-13H,4-10H2,1-3H3;10-12H,4-9H2,1-3H3;8-10H,4-7H2,1-3H3;8H,4-7H2,1-3H3;6H,4-5H2,1-3H3;14*1-2H3. The van der Waals surface area contributed by atoms with Crippen molar-refractivity contribution in [2.45, 2.75) is 650 Å². The van der Waals surface area contributed by atoms with Gasteiger partial charge in [0, 0.05) is 0 Å². The van der Waals surface area contributed by atoms with Crippen molar-refractivity contribution in [3.8, 4) is 0 Å². The van der Waals surface area contributed by atoms with E-state index in [1.54, 1.807) is 148 Å². The van der Waals surface area contributed by atoms with Crippen LogP contribution in [0, 0.1) is 256 Å². The summed E-state index contributed by atoms with van der Waals surface area (Å²) < 4.78 is 4.89. The number of carbonyl (C=O) groups excluding carboxylic acids is 1. The van der Waals surface area contributed by atoms with Gasteiger partial charge in [-0.2, -0.15) is 0 Å². The Balaban J connectivity index is 0.00000157. The summed E-state index contributed by atoms with van der Waals surface area (Å²) in [6.07, 6.45) is 64.3. The number of carbonyl (C=O) groups is 1. The summed E-state index contributed by atoms with van der Waals surface area (Å²) in [4.78, 5) is 11.1. The van der Waals surface area contributed by atoms with E-state index in [9.17, 15) is 4.79 Å². The van der Waals surface area contributed by atoms with E-state index in [0.717, 1.165) is 172 Å². The zero-order valence-corrected chi connectivity index (χ0v) is 111. The van der Waals surface area contributed by atoms with Crippen molar-refractivity contribution < 1.29 is 9.53 Å².